The molecule has 222 valence electrons. The first-order chi connectivity index (χ1) is 18.5. The number of carbonyl (C=O) groups is 3. The minimum atomic E-state index is -1.03. The fraction of sp³-hybridized carbons (Fsp3) is 0.700. The van der Waals surface area contributed by atoms with Crippen LogP contribution in [0.1, 0.15) is 103 Å². The number of benzene rings is 1. The van der Waals surface area contributed by atoms with Gasteiger partial charge in [-0.1, -0.05) is 64.2 Å². The average molecular weight is 566 g/mol. The number of para-hydroxylation sites is 1. The normalized spacial score (nSPS) is 12.9. The molecule has 9 heteroatoms. The number of phenolic OH excluding ortho intramolecular Hbond substituents is 1. The highest BCUT2D eigenvalue weighted by Crippen LogP contribution is 2.33. The largest absolute Gasteiger partial charge is 0.507 e. The molecule has 3 amide bonds. The molecule has 0 saturated heterocycles. The topological polar surface area (TPSA) is 108 Å². The lowest BCUT2D eigenvalue weighted by Gasteiger charge is -2.35. The molecule has 0 bridgehead atoms. The second kappa shape index (κ2) is 18.0. The van der Waals surface area contributed by atoms with Crippen molar-refractivity contribution in [3.05, 3.63) is 29.3 Å². The van der Waals surface area contributed by atoms with Crippen LogP contribution >= 0.6 is 11.8 Å². The molecule has 0 heterocycles. The summed E-state index contributed by atoms with van der Waals surface area (Å²) in [6, 6.07) is 3.35. The molecule has 0 aliphatic carbocycles. The van der Waals surface area contributed by atoms with Crippen LogP contribution in [-0.4, -0.2) is 64.7 Å². The van der Waals surface area contributed by atoms with Crippen molar-refractivity contribution in [2.24, 2.45) is 0 Å². The minimum Gasteiger partial charge on any atom is -0.507 e. The van der Waals surface area contributed by atoms with Gasteiger partial charge < -0.3 is 25.4 Å². The van der Waals surface area contributed by atoms with E-state index in [0.717, 1.165) is 38.5 Å². The smallest absolute Gasteiger partial charge is 0.408 e. The van der Waals surface area contributed by atoms with E-state index in [2.05, 4.69) is 17.6 Å². The second-order valence-electron chi connectivity index (χ2n) is 11.0. The van der Waals surface area contributed by atoms with Crippen LogP contribution in [0.2, 0.25) is 0 Å². The van der Waals surface area contributed by atoms with E-state index < -0.39 is 23.8 Å². The maximum absolute atomic E-state index is 14.2. The van der Waals surface area contributed by atoms with Crippen molar-refractivity contribution in [3.8, 4) is 5.75 Å². The van der Waals surface area contributed by atoms with Crippen LogP contribution in [0, 0.1) is 6.92 Å². The number of rotatable bonds is 17. The zero-order valence-electron chi connectivity index (χ0n) is 25.1. The van der Waals surface area contributed by atoms with Gasteiger partial charge in [0.05, 0.1) is 0 Å². The lowest BCUT2D eigenvalue weighted by molar-refractivity contribution is -0.142. The van der Waals surface area contributed by atoms with E-state index in [1.54, 1.807) is 62.6 Å². The van der Waals surface area contributed by atoms with Gasteiger partial charge in [0.15, 0.2) is 0 Å². The van der Waals surface area contributed by atoms with Crippen molar-refractivity contribution in [1.29, 1.82) is 0 Å². The SMILES string of the molecule is CCCCCCCN(C(=O)C(CCSC)NC(=O)OC(C)(C)C)C(C(=O)NCCCC)c1cccc(C)c1O. The number of carbonyl (C=O) groups excluding carboxylic acids is 3. The molecule has 0 aromatic heterocycles. The van der Waals surface area contributed by atoms with E-state index in [9.17, 15) is 19.5 Å². The van der Waals surface area contributed by atoms with Gasteiger partial charge in [0, 0.05) is 18.7 Å². The van der Waals surface area contributed by atoms with Gasteiger partial charge in [-0.15, -0.1) is 0 Å². The molecule has 1 rings (SSSR count). The number of aromatic hydroxyl groups is 1. The molecule has 8 nitrogen and oxygen atoms in total. The van der Waals surface area contributed by atoms with E-state index in [1.165, 1.54) is 0 Å². The van der Waals surface area contributed by atoms with Gasteiger partial charge in [-0.25, -0.2) is 4.79 Å². The van der Waals surface area contributed by atoms with Gasteiger partial charge >= 0.3 is 6.09 Å². The van der Waals surface area contributed by atoms with Gasteiger partial charge in [-0.2, -0.15) is 11.8 Å². The molecule has 0 fully saturated rings. The summed E-state index contributed by atoms with van der Waals surface area (Å²) < 4.78 is 5.45. The van der Waals surface area contributed by atoms with Crippen molar-refractivity contribution >= 4 is 29.7 Å². The number of nitrogens with zero attached hydrogens (tertiary/aromatic N) is 1. The number of hydrogen-bond acceptors (Lipinski definition) is 6. The van der Waals surface area contributed by atoms with Crippen molar-refractivity contribution in [1.82, 2.24) is 15.5 Å². The lowest BCUT2D eigenvalue weighted by atomic mass is 9.98. The number of aryl methyl sites for hydroxylation is 1. The molecule has 1 aromatic rings. The zero-order valence-corrected chi connectivity index (χ0v) is 25.9. The molecule has 0 radical (unpaired) electrons. The van der Waals surface area contributed by atoms with Gasteiger partial charge in [-0.05, 0) is 64.5 Å². The summed E-state index contributed by atoms with van der Waals surface area (Å²) in [5.74, 6) is -0.0636. The Balaban J connectivity index is 3.49. The molecule has 0 aliphatic rings. The number of alkyl carbamates (subject to hydrolysis) is 1. The molecule has 0 spiro atoms. The summed E-state index contributed by atoms with van der Waals surface area (Å²) in [4.78, 5) is 42.1. The van der Waals surface area contributed by atoms with Gasteiger partial charge in [0.1, 0.15) is 23.4 Å². The lowest BCUT2D eigenvalue weighted by Crippen LogP contribution is -2.53. The standard InChI is InChI=1S/C30H51N3O5S/c1-8-10-12-13-14-20-33(28(36)24(18-21-39-7)32-29(37)38-30(4,5)6)25(27(35)31-19-11-9-2)23-17-15-16-22(3)26(23)34/h15-17,24-25,34H,8-14,18-21H2,1-7H3,(H,31,35)(H,32,37). The highest BCUT2D eigenvalue weighted by atomic mass is 32.2. The predicted molar refractivity (Wildman–Crippen MR) is 160 cm³/mol. The fourth-order valence-corrected chi connectivity index (χ4v) is 4.70. The maximum atomic E-state index is 14.2. The molecule has 3 N–H and O–H groups in total. The molecular formula is C30H51N3O5S. The zero-order chi connectivity index (χ0) is 29.4. The Bertz CT molecular complexity index is 903. The van der Waals surface area contributed by atoms with Gasteiger partial charge in [0.25, 0.3) is 0 Å². The summed E-state index contributed by atoms with van der Waals surface area (Å²) in [6.07, 6.45) is 8.22. The van der Waals surface area contributed by atoms with E-state index in [-0.39, 0.29) is 17.6 Å². The third-order valence-electron chi connectivity index (χ3n) is 6.34. The first-order valence-electron chi connectivity index (χ1n) is 14.3. The molecule has 39 heavy (non-hydrogen) atoms. The third kappa shape index (κ3) is 12.5. The van der Waals surface area contributed by atoms with Crippen LogP contribution in [0.15, 0.2) is 18.2 Å². The summed E-state index contributed by atoms with van der Waals surface area (Å²) in [5, 5.41) is 16.7. The van der Waals surface area contributed by atoms with Crippen LogP contribution in [0.3, 0.4) is 0 Å². The molecule has 2 atom stereocenters. The van der Waals surface area contributed by atoms with Crippen molar-refractivity contribution in [3.63, 3.8) is 0 Å². The monoisotopic (exact) mass is 565 g/mol. The van der Waals surface area contributed by atoms with Crippen LogP contribution in [0.5, 0.6) is 5.75 Å². The number of amides is 3. The van der Waals surface area contributed by atoms with E-state index in [0.29, 0.717) is 42.8 Å². The van der Waals surface area contributed by atoms with Crippen LogP contribution in [0.4, 0.5) is 4.79 Å². The fourth-order valence-electron chi connectivity index (χ4n) is 4.23. The first-order valence-corrected chi connectivity index (χ1v) is 15.7. The Morgan fingerprint density at radius 1 is 1.05 bits per heavy atom. The number of phenols is 1. The van der Waals surface area contributed by atoms with Gasteiger partial charge in [-0.3, -0.25) is 9.59 Å². The minimum absolute atomic E-state index is 0.00214. The Labute approximate surface area is 240 Å². The molecular weight excluding hydrogens is 514 g/mol. The Morgan fingerprint density at radius 3 is 2.33 bits per heavy atom. The van der Waals surface area contributed by atoms with Crippen LogP contribution in [0.25, 0.3) is 0 Å². The van der Waals surface area contributed by atoms with Gasteiger partial charge in [0.2, 0.25) is 11.8 Å². The van der Waals surface area contributed by atoms with Crippen molar-refractivity contribution in [2.75, 3.05) is 25.1 Å². The number of unbranched alkanes of at least 4 members (excludes halogenated alkanes) is 5. The van der Waals surface area contributed by atoms with Crippen LogP contribution < -0.4 is 10.6 Å². The molecule has 0 aliphatic heterocycles. The Kier molecular flexibility index (Phi) is 16.0. The number of thioether (sulfide) groups is 1. The summed E-state index contributed by atoms with van der Waals surface area (Å²) in [5.41, 5.74) is 0.289. The highest BCUT2D eigenvalue weighted by molar-refractivity contribution is 7.98. The summed E-state index contributed by atoms with van der Waals surface area (Å²) in [7, 11) is 0. The highest BCUT2D eigenvalue weighted by Gasteiger charge is 2.37. The first kappa shape index (κ1) is 34.6. The number of ether oxygens (including phenoxy) is 1. The number of nitrogens with one attached hydrogen (secondary N) is 2. The maximum Gasteiger partial charge on any atom is 0.408 e. The van der Waals surface area contributed by atoms with E-state index in [1.807, 2.05) is 13.2 Å². The predicted octanol–water partition coefficient (Wildman–Crippen LogP) is 6.10. The van der Waals surface area contributed by atoms with E-state index in [4.69, 9.17) is 4.74 Å². The summed E-state index contributed by atoms with van der Waals surface area (Å²) in [6.45, 7) is 12.1. The third-order valence-corrected chi connectivity index (χ3v) is 6.98. The molecule has 0 saturated carbocycles. The van der Waals surface area contributed by atoms with Crippen molar-refractivity contribution in [2.45, 2.75) is 111 Å². The van der Waals surface area contributed by atoms with E-state index >= 15 is 0 Å². The second-order valence-corrected chi connectivity index (χ2v) is 12.0. The molecule has 1 aromatic carbocycles. The quantitative estimate of drug-likeness (QED) is 0.197. The number of hydrogen-bond donors (Lipinski definition) is 3. The summed E-state index contributed by atoms with van der Waals surface area (Å²) >= 11 is 1.57. The Hall–Kier alpha value is -2.42. The Morgan fingerprint density at radius 2 is 1.72 bits per heavy atom. The average Bonchev–Trinajstić information content (AvgIpc) is 2.86. The van der Waals surface area contributed by atoms with Crippen LogP contribution in [-0.2, 0) is 14.3 Å². The van der Waals surface area contributed by atoms with Crippen molar-refractivity contribution < 1.29 is 24.2 Å². The molecule has 2 unspecified atom stereocenters.